The lowest BCUT2D eigenvalue weighted by Crippen LogP contribution is -2.00. The predicted octanol–water partition coefficient (Wildman–Crippen LogP) is 3.26. The third kappa shape index (κ3) is 2.07. The molecular formula is C10H8FN3O2. The molecule has 0 amide bonds. The van der Waals surface area contributed by atoms with Gasteiger partial charge in [0.05, 0.1) is 19.4 Å². The summed E-state index contributed by atoms with van der Waals surface area (Å²) in [7, 11) is 0. The highest BCUT2D eigenvalue weighted by Crippen LogP contribution is 2.27. The van der Waals surface area contributed by atoms with Crippen molar-refractivity contribution in [2.45, 2.75) is 0 Å². The van der Waals surface area contributed by atoms with Gasteiger partial charge in [0.15, 0.2) is 11.3 Å². The molecule has 1 aromatic carbocycles. The molecule has 0 spiro atoms. The number of furan rings is 1. The van der Waals surface area contributed by atoms with Crippen molar-refractivity contribution in [2.75, 3.05) is 13.2 Å². The first kappa shape index (κ1) is 10.3. The predicted molar refractivity (Wildman–Crippen MR) is 55.7 cm³/mol. The summed E-state index contributed by atoms with van der Waals surface area (Å²) in [5.74, 6) is -0.0826. The Balaban J connectivity index is 2.21. The van der Waals surface area contributed by atoms with Crippen molar-refractivity contribution in [3.05, 3.63) is 40.7 Å². The third-order valence-corrected chi connectivity index (χ3v) is 1.99. The Kier molecular flexibility index (Phi) is 2.93. The molecule has 0 aliphatic rings. The first-order valence-electron chi connectivity index (χ1n) is 4.61. The van der Waals surface area contributed by atoms with Crippen LogP contribution in [0, 0.1) is 5.82 Å². The van der Waals surface area contributed by atoms with E-state index >= 15 is 0 Å². The van der Waals surface area contributed by atoms with Gasteiger partial charge in [-0.05, 0) is 17.7 Å². The van der Waals surface area contributed by atoms with Gasteiger partial charge in [-0.1, -0.05) is 5.11 Å². The van der Waals surface area contributed by atoms with Gasteiger partial charge in [-0.3, -0.25) is 0 Å². The second kappa shape index (κ2) is 4.55. The number of benzene rings is 1. The van der Waals surface area contributed by atoms with Gasteiger partial charge in [-0.15, -0.1) is 0 Å². The molecule has 0 fully saturated rings. The maximum absolute atomic E-state index is 13.1. The van der Waals surface area contributed by atoms with Crippen LogP contribution in [-0.2, 0) is 0 Å². The SMILES string of the molecule is [N-]=[N+]=NCCOc1cc(F)cc2ccoc12. The molecular weight excluding hydrogens is 213 g/mol. The molecule has 82 valence electrons. The second-order valence-electron chi connectivity index (χ2n) is 3.05. The minimum atomic E-state index is -0.396. The van der Waals surface area contributed by atoms with E-state index in [1.54, 1.807) is 6.07 Å². The minimum absolute atomic E-state index is 0.184. The normalized spacial score (nSPS) is 10.1. The molecule has 5 nitrogen and oxygen atoms in total. The summed E-state index contributed by atoms with van der Waals surface area (Å²) in [6.07, 6.45) is 1.46. The number of hydrogen-bond donors (Lipinski definition) is 0. The quantitative estimate of drug-likeness (QED) is 0.344. The largest absolute Gasteiger partial charge is 0.489 e. The van der Waals surface area contributed by atoms with E-state index in [1.807, 2.05) is 0 Å². The van der Waals surface area contributed by atoms with Crippen LogP contribution in [0.2, 0.25) is 0 Å². The first-order chi connectivity index (χ1) is 7.81. The van der Waals surface area contributed by atoms with Crippen LogP contribution in [0.25, 0.3) is 21.4 Å². The Morgan fingerprint density at radius 2 is 2.38 bits per heavy atom. The van der Waals surface area contributed by atoms with Crippen molar-refractivity contribution >= 4 is 11.0 Å². The molecule has 2 rings (SSSR count). The fourth-order valence-electron chi connectivity index (χ4n) is 1.36. The average Bonchev–Trinajstić information content (AvgIpc) is 2.72. The van der Waals surface area contributed by atoms with Gasteiger partial charge in [-0.2, -0.15) is 0 Å². The number of halogens is 1. The topological polar surface area (TPSA) is 71.1 Å². The summed E-state index contributed by atoms with van der Waals surface area (Å²) in [5, 5.41) is 3.95. The van der Waals surface area contributed by atoms with Crippen LogP contribution >= 0.6 is 0 Å². The Hall–Kier alpha value is -2.20. The lowest BCUT2D eigenvalue weighted by atomic mass is 10.2. The second-order valence-corrected chi connectivity index (χ2v) is 3.05. The Morgan fingerprint density at radius 3 is 3.19 bits per heavy atom. The monoisotopic (exact) mass is 221 g/mol. The number of nitrogens with zero attached hydrogens (tertiary/aromatic N) is 3. The number of hydrogen-bond acceptors (Lipinski definition) is 3. The number of azide groups is 1. The zero-order valence-electron chi connectivity index (χ0n) is 8.26. The average molecular weight is 221 g/mol. The minimum Gasteiger partial charge on any atom is -0.489 e. The van der Waals surface area contributed by atoms with Crippen LogP contribution in [0.3, 0.4) is 0 Å². The van der Waals surface area contributed by atoms with E-state index in [-0.39, 0.29) is 13.2 Å². The highest BCUT2D eigenvalue weighted by molar-refractivity contribution is 5.83. The number of ether oxygens (including phenoxy) is 1. The van der Waals surface area contributed by atoms with Crippen LogP contribution in [0.1, 0.15) is 0 Å². The van der Waals surface area contributed by atoms with Gasteiger partial charge in [0.1, 0.15) is 5.82 Å². The van der Waals surface area contributed by atoms with Crippen LogP contribution in [0.5, 0.6) is 5.75 Å². The molecule has 0 aliphatic heterocycles. The van der Waals surface area contributed by atoms with E-state index in [0.717, 1.165) is 0 Å². The van der Waals surface area contributed by atoms with Gasteiger partial charge < -0.3 is 9.15 Å². The molecule has 0 aliphatic carbocycles. The molecule has 2 aromatic rings. The van der Waals surface area contributed by atoms with Gasteiger partial charge >= 0.3 is 0 Å². The molecule has 0 N–H and O–H groups in total. The molecule has 0 bridgehead atoms. The highest BCUT2D eigenvalue weighted by atomic mass is 19.1. The summed E-state index contributed by atoms with van der Waals surface area (Å²) >= 11 is 0. The van der Waals surface area contributed by atoms with Crippen molar-refractivity contribution in [1.82, 2.24) is 0 Å². The van der Waals surface area contributed by atoms with Crippen molar-refractivity contribution in [1.29, 1.82) is 0 Å². The summed E-state index contributed by atoms with van der Waals surface area (Å²) in [6, 6.07) is 4.25. The molecule has 0 atom stereocenters. The van der Waals surface area contributed by atoms with E-state index in [0.29, 0.717) is 16.7 Å². The van der Waals surface area contributed by atoms with Crippen LogP contribution in [0.15, 0.2) is 34.0 Å². The fourth-order valence-corrected chi connectivity index (χ4v) is 1.36. The molecule has 0 radical (unpaired) electrons. The van der Waals surface area contributed by atoms with Gasteiger partial charge in [-0.25, -0.2) is 4.39 Å². The lowest BCUT2D eigenvalue weighted by Gasteiger charge is -2.04. The standard InChI is InChI=1S/C10H8FN3O2/c11-8-5-7-1-3-16-10(7)9(6-8)15-4-2-13-14-12/h1,3,5-6H,2,4H2. The highest BCUT2D eigenvalue weighted by Gasteiger charge is 2.07. The molecule has 1 aromatic heterocycles. The van der Waals surface area contributed by atoms with Gasteiger partial charge in [0.25, 0.3) is 0 Å². The molecule has 0 saturated heterocycles. The lowest BCUT2D eigenvalue weighted by molar-refractivity contribution is 0.325. The zero-order chi connectivity index (χ0) is 11.4. The van der Waals surface area contributed by atoms with E-state index in [2.05, 4.69) is 10.0 Å². The first-order valence-corrected chi connectivity index (χ1v) is 4.61. The summed E-state index contributed by atoms with van der Waals surface area (Å²) in [5.41, 5.74) is 8.56. The number of fused-ring (bicyclic) bond motifs is 1. The molecule has 16 heavy (non-hydrogen) atoms. The molecule has 1 heterocycles. The Bertz CT molecular complexity index is 546. The Morgan fingerprint density at radius 1 is 1.50 bits per heavy atom. The van der Waals surface area contributed by atoms with Crippen molar-refractivity contribution in [3.8, 4) is 5.75 Å². The third-order valence-electron chi connectivity index (χ3n) is 1.99. The molecule has 0 saturated carbocycles. The maximum atomic E-state index is 13.1. The molecule has 6 heteroatoms. The smallest absolute Gasteiger partial charge is 0.175 e. The van der Waals surface area contributed by atoms with Crippen LogP contribution in [0.4, 0.5) is 4.39 Å². The van der Waals surface area contributed by atoms with E-state index in [1.165, 1.54) is 18.4 Å². The van der Waals surface area contributed by atoms with E-state index in [4.69, 9.17) is 14.7 Å². The van der Waals surface area contributed by atoms with Gasteiger partial charge in [0.2, 0.25) is 0 Å². The van der Waals surface area contributed by atoms with Crippen LogP contribution in [-0.4, -0.2) is 13.2 Å². The fraction of sp³-hybridized carbons (Fsp3) is 0.200. The van der Waals surface area contributed by atoms with Crippen molar-refractivity contribution in [3.63, 3.8) is 0 Å². The Labute approximate surface area is 90.1 Å². The van der Waals surface area contributed by atoms with Gasteiger partial charge in [0, 0.05) is 16.4 Å². The van der Waals surface area contributed by atoms with Crippen molar-refractivity contribution in [2.24, 2.45) is 5.11 Å². The maximum Gasteiger partial charge on any atom is 0.175 e. The summed E-state index contributed by atoms with van der Waals surface area (Å²) in [6.45, 7) is 0.374. The molecule has 0 unspecified atom stereocenters. The van der Waals surface area contributed by atoms with Crippen LogP contribution < -0.4 is 4.74 Å². The zero-order valence-corrected chi connectivity index (χ0v) is 8.26. The summed E-state index contributed by atoms with van der Waals surface area (Å²) in [4.78, 5) is 2.58. The van der Waals surface area contributed by atoms with Crippen molar-refractivity contribution < 1.29 is 13.5 Å². The summed E-state index contributed by atoms with van der Waals surface area (Å²) < 4.78 is 23.6. The van der Waals surface area contributed by atoms with E-state index < -0.39 is 5.82 Å². The van der Waals surface area contributed by atoms with E-state index in [9.17, 15) is 4.39 Å². The number of rotatable bonds is 4.